The Labute approximate surface area is 84.7 Å². The molecule has 0 radical (unpaired) electrons. The minimum atomic E-state index is 0.224. The molecule has 2 atom stereocenters. The molecular formula is C10H18N4. The number of nitrogens with one attached hydrogen (secondary N) is 1. The van der Waals surface area contributed by atoms with Crippen molar-refractivity contribution in [3.8, 4) is 0 Å². The van der Waals surface area contributed by atoms with Crippen LogP contribution in [-0.4, -0.2) is 28.1 Å². The fraction of sp³-hybridized carbons (Fsp3) is 0.800. The summed E-state index contributed by atoms with van der Waals surface area (Å²) in [4.78, 5) is 1.65. The fourth-order valence-corrected chi connectivity index (χ4v) is 2.34. The van der Waals surface area contributed by atoms with E-state index in [1.165, 1.54) is 19.3 Å². The Morgan fingerprint density at radius 1 is 1.64 bits per heavy atom. The monoisotopic (exact) mass is 194 g/mol. The van der Waals surface area contributed by atoms with E-state index >= 15 is 0 Å². The first-order valence-electron chi connectivity index (χ1n) is 5.18. The molecule has 78 valence electrons. The number of hydrogen-bond acceptors (Lipinski definition) is 3. The third kappa shape index (κ3) is 1.54. The predicted molar refractivity (Wildman–Crippen MR) is 55.1 cm³/mol. The molecule has 4 heteroatoms. The predicted octanol–water partition coefficient (Wildman–Crippen LogP) is 0.845. The van der Waals surface area contributed by atoms with Gasteiger partial charge in [-0.1, -0.05) is 6.92 Å². The minimum Gasteiger partial charge on any atom is -0.317 e. The summed E-state index contributed by atoms with van der Waals surface area (Å²) in [6.45, 7) is 2.29. The van der Waals surface area contributed by atoms with Crippen LogP contribution in [0.25, 0.3) is 0 Å². The second-order valence-corrected chi connectivity index (χ2v) is 4.51. The Morgan fingerprint density at radius 3 is 2.93 bits per heavy atom. The Morgan fingerprint density at radius 2 is 2.43 bits per heavy atom. The van der Waals surface area contributed by atoms with Gasteiger partial charge in [0.25, 0.3) is 0 Å². The van der Waals surface area contributed by atoms with E-state index in [0.29, 0.717) is 6.04 Å². The Hall–Kier alpha value is -0.900. The zero-order valence-corrected chi connectivity index (χ0v) is 9.12. The lowest BCUT2D eigenvalue weighted by Crippen LogP contribution is -2.26. The number of aromatic nitrogens is 3. The quantitative estimate of drug-likeness (QED) is 0.759. The molecule has 0 aliphatic heterocycles. The Balaban J connectivity index is 2.18. The minimum absolute atomic E-state index is 0.224. The van der Waals surface area contributed by atoms with Crippen LogP contribution in [0.4, 0.5) is 0 Å². The zero-order chi connectivity index (χ0) is 10.2. The molecule has 0 saturated heterocycles. The van der Waals surface area contributed by atoms with Crippen molar-refractivity contribution in [2.45, 2.75) is 37.6 Å². The molecule has 0 amide bonds. The van der Waals surface area contributed by atoms with Crippen LogP contribution in [0.5, 0.6) is 0 Å². The number of hydrogen-bond donors (Lipinski definition) is 1. The molecule has 1 aliphatic rings. The molecule has 2 unspecified atom stereocenters. The fourth-order valence-electron chi connectivity index (χ4n) is 2.34. The van der Waals surface area contributed by atoms with Gasteiger partial charge in [0.1, 0.15) is 0 Å². The molecule has 0 aromatic carbocycles. The summed E-state index contributed by atoms with van der Waals surface area (Å²) < 4.78 is 0. The SMILES string of the molecule is CNC1CCC(C)(c2cnn(C)n2)C1. The Bertz CT molecular complexity index is 320. The molecule has 1 saturated carbocycles. The summed E-state index contributed by atoms with van der Waals surface area (Å²) in [5.41, 5.74) is 1.36. The van der Waals surface area contributed by atoms with Crippen molar-refractivity contribution in [1.29, 1.82) is 0 Å². The number of nitrogens with zero attached hydrogens (tertiary/aromatic N) is 3. The molecule has 4 nitrogen and oxygen atoms in total. The van der Waals surface area contributed by atoms with Gasteiger partial charge in [-0.05, 0) is 26.3 Å². The molecule has 2 rings (SSSR count). The average Bonchev–Trinajstić information content (AvgIpc) is 2.73. The van der Waals surface area contributed by atoms with Crippen molar-refractivity contribution < 1.29 is 0 Å². The smallest absolute Gasteiger partial charge is 0.0886 e. The van der Waals surface area contributed by atoms with E-state index in [1.54, 1.807) is 4.80 Å². The van der Waals surface area contributed by atoms with E-state index in [2.05, 4.69) is 22.4 Å². The topological polar surface area (TPSA) is 42.7 Å². The first-order chi connectivity index (χ1) is 6.64. The lowest BCUT2D eigenvalue weighted by atomic mass is 9.85. The Kier molecular flexibility index (Phi) is 2.31. The third-order valence-electron chi connectivity index (χ3n) is 3.37. The highest BCUT2D eigenvalue weighted by atomic mass is 15.4. The molecule has 0 bridgehead atoms. The van der Waals surface area contributed by atoms with Crippen LogP contribution in [-0.2, 0) is 12.5 Å². The standard InChI is InChI=1S/C10H18N4/c1-10(5-4-8(6-10)11-2)9-7-12-14(3)13-9/h7-8,11H,4-6H2,1-3H3. The van der Waals surface area contributed by atoms with Crippen LogP contribution in [0.1, 0.15) is 31.9 Å². The molecule has 1 fully saturated rings. The van der Waals surface area contributed by atoms with E-state index in [-0.39, 0.29) is 5.41 Å². The second-order valence-electron chi connectivity index (χ2n) is 4.51. The summed E-state index contributed by atoms with van der Waals surface area (Å²) in [6, 6.07) is 0.641. The molecule has 1 heterocycles. The van der Waals surface area contributed by atoms with Gasteiger partial charge in [-0.15, -0.1) is 0 Å². The lowest BCUT2D eigenvalue weighted by Gasteiger charge is -2.20. The van der Waals surface area contributed by atoms with Gasteiger partial charge in [0, 0.05) is 18.5 Å². The second kappa shape index (κ2) is 3.35. The first kappa shape index (κ1) is 9.65. The summed E-state index contributed by atoms with van der Waals surface area (Å²) in [7, 11) is 3.91. The van der Waals surface area contributed by atoms with Crippen LogP contribution in [0.15, 0.2) is 6.20 Å². The molecule has 14 heavy (non-hydrogen) atoms. The van der Waals surface area contributed by atoms with Crippen LogP contribution >= 0.6 is 0 Å². The number of rotatable bonds is 2. The van der Waals surface area contributed by atoms with E-state index in [1.807, 2.05) is 20.3 Å². The molecule has 1 aromatic rings. The highest BCUT2D eigenvalue weighted by molar-refractivity contribution is 5.14. The maximum absolute atomic E-state index is 4.41. The summed E-state index contributed by atoms with van der Waals surface area (Å²) in [6.07, 6.45) is 5.51. The van der Waals surface area contributed by atoms with Crippen LogP contribution < -0.4 is 5.32 Å². The van der Waals surface area contributed by atoms with Gasteiger partial charge in [0.15, 0.2) is 0 Å². The van der Waals surface area contributed by atoms with Gasteiger partial charge >= 0.3 is 0 Å². The van der Waals surface area contributed by atoms with E-state index in [0.717, 1.165) is 5.69 Å². The van der Waals surface area contributed by atoms with Gasteiger partial charge in [-0.3, -0.25) is 0 Å². The maximum atomic E-state index is 4.41. The van der Waals surface area contributed by atoms with E-state index in [9.17, 15) is 0 Å². The first-order valence-corrected chi connectivity index (χ1v) is 5.18. The molecule has 1 aromatic heterocycles. The van der Waals surface area contributed by atoms with Crippen LogP contribution in [0.2, 0.25) is 0 Å². The van der Waals surface area contributed by atoms with Gasteiger partial charge in [-0.2, -0.15) is 15.0 Å². The highest BCUT2D eigenvalue weighted by Gasteiger charge is 2.37. The van der Waals surface area contributed by atoms with Crippen LogP contribution in [0.3, 0.4) is 0 Å². The summed E-state index contributed by atoms with van der Waals surface area (Å²) in [5.74, 6) is 0. The third-order valence-corrected chi connectivity index (χ3v) is 3.37. The van der Waals surface area contributed by atoms with Crippen molar-refractivity contribution >= 4 is 0 Å². The van der Waals surface area contributed by atoms with Gasteiger partial charge in [0.2, 0.25) is 0 Å². The van der Waals surface area contributed by atoms with Crippen molar-refractivity contribution in [3.05, 3.63) is 11.9 Å². The maximum Gasteiger partial charge on any atom is 0.0886 e. The normalized spacial score (nSPS) is 32.4. The highest BCUT2D eigenvalue weighted by Crippen LogP contribution is 2.39. The van der Waals surface area contributed by atoms with Crippen molar-refractivity contribution in [2.75, 3.05) is 7.05 Å². The van der Waals surface area contributed by atoms with E-state index in [4.69, 9.17) is 0 Å². The van der Waals surface area contributed by atoms with Crippen molar-refractivity contribution in [2.24, 2.45) is 7.05 Å². The largest absolute Gasteiger partial charge is 0.317 e. The van der Waals surface area contributed by atoms with Crippen molar-refractivity contribution in [1.82, 2.24) is 20.3 Å². The average molecular weight is 194 g/mol. The molecular weight excluding hydrogens is 176 g/mol. The zero-order valence-electron chi connectivity index (χ0n) is 9.12. The van der Waals surface area contributed by atoms with Gasteiger partial charge < -0.3 is 5.32 Å². The lowest BCUT2D eigenvalue weighted by molar-refractivity contribution is 0.447. The van der Waals surface area contributed by atoms with E-state index < -0.39 is 0 Å². The summed E-state index contributed by atoms with van der Waals surface area (Å²) in [5, 5.41) is 11.9. The number of aryl methyl sites for hydroxylation is 1. The molecule has 1 aliphatic carbocycles. The van der Waals surface area contributed by atoms with Crippen molar-refractivity contribution in [3.63, 3.8) is 0 Å². The molecule has 1 N–H and O–H groups in total. The van der Waals surface area contributed by atoms with Gasteiger partial charge in [-0.25, -0.2) is 0 Å². The van der Waals surface area contributed by atoms with Crippen LogP contribution in [0, 0.1) is 0 Å². The molecule has 0 spiro atoms. The van der Waals surface area contributed by atoms with Gasteiger partial charge in [0.05, 0.1) is 11.9 Å². The summed E-state index contributed by atoms with van der Waals surface area (Å²) >= 11 is 0.